The summed E-state index contributed by atoms with van der Waals surface area (Å²) in [5.41, 5.74) is 7.05. The predicted octanol–water partition coefficient (Wildman–Crippen LogP) is 6.29. The van der Waals surface area contributed by atoms with Crippen LogP contribution in [0.2, 0.25) is 0 Å². The maximum Gasteiger partial charge on any atom is 0.227 e. The minimum atomic E-state index is -0.421. The smallest absolute Gasteiger partial charge is 0.227 e. The number of allylic oxidation sites excluding steroid dienone is 4. The number of hydrogen-bond acceptors (Lipinski definition) is 12. The molecule has 4 aliphatic rings. The van der Waals surface area contributed by atoms with Crippen molar-refractivity contribution >= 4 is 47.0 Å². The molecule has 2 aliphatic carbocycles. The second-order valence-electron chi connectivity index (χ2n) is 12.6. The summed E-state index contributed by atoms with van der Waals surface area (Å²) in [7, 11) is 0. The van der Waals surface area contributed by atoms with E-state index in [-0.39, 0.29) is 11.6 Å². The van der Waals surface area contributed by atoms with Crippen LogP contribution in [0.5, 0.6) is 0 Å². The summed E-state index contributed by atoms with van der Waals surface area (Å²) in [5.74, 6) is 2.77. The maximum absolute atomic E-state index is 13.5. The standard InChI is InChI=1S/C36H32N10O2S2/c47-27-11-5-9-25-29(27)31(45-33(39-25)41-35(43-45)49-19-23-7-1-3-17-37-23)21-13-15-22(16-14-21)32-30-26(10-6-12-28(30)48)40-34-42-36(44-46(32)34)50-20-24-8-2-4-18-38-24/h1-4,7-8,13-18,31-32H,5-6,9-12,19-20H2,(H,39,41,43)(H,40,42,44)/t31-,32-/m1/s1. The summed E-state index contributed by atoms with van der Waals surface area (Å²) in [6.07, 6.45) is 7.73. The van der Waals surface area contributed by atoms with E-state index in [1.165, 1.54) is 23.5 Å². The van der Waals surface area contributed by atoms with E-state index >= 15 is 0 Å². The Morgan fingerprint density at radius 2 is 1.08 bits per heavy atom. The zero-order chi connectivity index (χ0) is 33.6. The van der Waals surface area contributed by atoms with Crippen LogP contribution in [-0.4, -0.2) is 51.1 Å². The molecular formula is C36H32N10O2S2. The topological polar surface area (TPSA) is 145 Å². The lowest BCUT2D eigenvalue weighted by Crippen LogP contribution is -2.32. The summed E-state index contributed by atoms with van der Waals surface area (Å²) < 4.78 is 3.68. The first kappa shape index (κ1) is 30.9. The number of fused-ring (bicyclic) bond motifs is 2. The lowest BCUT2D eigenvalue weighted by Gasteiger charge is -2.33. The molecular weight excluding hydrogens is 669 g/mol. The zero-order valence-electron chi connectivity index (χ0n) is 27.0. The number of ketones is 2. The molecule has 2 N–H and O–H groups in total. The quantitative estimate of drug-likeness (QED) is 0.176. The van der Waals surface area contributed by atoms with E-state index in [4.69, 9.17) is 20.2 Å². The second-order valence-corrected chi connectivity index (χ2v) is 14.5. The highest BCUT2D eigenvalue weighted by Gasteiger charge is 2.39. The van der Waals surface area contributed by atoms with Crippen molar-refractivity contribution in [1.29, 1.82) is 0 Å². The minimum Gasteiger partial charge on any atom is -0.328 e. The average Bonchev–Trinajstić information content (AvgIpc) is 3.76. The zero-order valence-corrected chi connectivity index (χ0v) is 28.6. The molecule has 0 saturated heterocycles. The number of thioether (sulfide) groups is 2. The Hall–Kier alpha value is -5.08. The molecule has 0 bridgehead atoms. The molecule has 5 aromatic rings. The van der Waals surface area contributed by atoms with Crippen LogP contribution in [0.4, 0.5) is 11.9 Å². The molecule has 0 spiro atoms. The van der Waals surface area contributed by atoms with Crippen LogP contribution in [0.25, 0.3) is 0 Å². The van der Waals surface area contributed by atoms with Crippen LogP contribution in [-0.2, 0) is 21.1 Å². The lowest BCUT2D eigenvalue weighted by atomic mass is 9.83. The molecule has 250 valence electrons. The Balaban J connectivity index is 1.06. The van der Waals surface area contributed by atoms with Gasteiger partial charge in [-0.25, -0.2) is 9.36 Å². The monoisotopic (exact) mass is 700 g/mol. The van der Waals surface area contributed by atoms with Crippen molar-refractivity contribution in [3.63, 3.8) is 0 Å². The summed E-state index contributed by atoms with van der Waals surface area (Å²) in [6, 6.07) is 19.1. The first-order valence-corrected chi connectivity index (χ1v) is 18.7. The van der Waals surface area contributed by atoms with E-state index in [1.807, 2.05) is 70.0 Å². The molecule has 0 unspecified atom stereocenters. The average molecular weight is 701 g/mol. The molecule has 0 saturated carbocycles. The second kappa shape index (κ2) is 13.0. The molecule has 4 aromatic heterocycles. The van der Waals surface area contributed by atoms with Crippen LogP contribution in [0.15, 0.2) is 106 Å². The number of Topliss-reactive ketones (excluding diaryl/α,β-unsaturated/α-hetero) is 2. The maximum atomic E-state index is 13.5. The van der Waals surface area contributed by atoms with Gasteiger partial charge < -0.3 is 10.6 Å². The number of carbonyl (C=O) groups excluding carboxylic acids is 2. The Kier molecular flexibility index (Phi) is 8.04. The van der Waals surface area contributed by atoms with E-state index in [1.54, 1.807) is 12.4 Å². The van der Waals surface area contributed by atoms with Gasteiger partial charge in [-0.3, -0.25) is 19.6 Å². The van der Waals surface area contributed by atoms with Crippen molar-refractivity contribution < 1.29 is 9.59 Å². The summed E-state index contributed by atoms with van der Waals surface area (Å²) in [5, 5.41) is 17.9. The molecule has 0 fully saturated rings. The van der Waals surface area contributed by atoms with E-state index in [0.717, 1.165) is 70.7 Å². The number of carbonyl (C=O) groups is 2. The molecule has 2 atom stereocenters. The van der Waals surface area contributed by atoms with Gasteiger partial charge in [0.2, 0.25) is 22.2 Å². The fourth-order valence-electron chi connectivity index (χ4n) is 7.12. The van der Waals surface area contributed by atoms with Gasteiger partial charge in [0.25, 0.3) is 0 Å². The third kappa shape index (κ3) is 5.71. The Morgan fingerprint density at radius 1 is 0.620 bits per heavy atom. The number of rotatable bonds is 8. The Bertz CT molecular complexity index is 2020. The van der Waals surface area contributed by atoms with Crippen molar-refractivity contribution in [3.05, 3.63) is 118 Å². The van der Waals surface area contributed by atoms with E-state index in [2.05, 4.69) is 20.6 Å². The number of anilines is 2. The van der Waals surface area contributed by atoms with Crippen LogP contribution < -0.4 is 10.6 Å². The molecule has 6 heterocycles. The van der Waals surface area contributed by atoms with Gasteiger partial charge in [0.15, 0.2) is 11.6 Å². The van der Waals surface area contributed by atoms with Gasteiger partial charge in [-0.2, -0.15) is 9.97 Å². The number of pyridine rings is 2. The molecule has 12 nitrogen and oxygen atoms in total. The van der Waals surface area contributed by atoms with Gasteiger partial charge in [0.05, 0.1) is 11.4 Å². The molecule has 0 amide bonds. The van der Waals surface area contributed by atoms with Crippen LogP contribution in [0.3, 0.4) is 0 Å². The minimum absolute atomic E-state index is 0.126. The Labute approximate surface area is 296 Å². The third-order valence-corrected chi connectivity index (χ3v) is 11.2. The highest BCUT2D eigenvalue weighted by atomic mass is 32.2. The predicted molar refractivity (Wildman–Crippen MR) is 189 cm³/mol. The highest BCUT2D eigenvalue weighted by molar-refractivity contribution is 7.98. The number of nitrogens with one attached hydrogen (secondary N) is 2. The first-order chi connectivity index (χ1) is 24.6. The van der Waals surface area contributed by atoms with Crippen molar-refractivity contribution in [2.75, 3.05) is 10.6 Å². The lowest BCUT2D eigenvalue weighted by molar-refractivity contribution is -0.117. The van der Waals surface area contributed by atoms with Gasteiger partial charge >= 0.3 is 0 Å². The summed E-state index contributed by atoms with van der Waals surface area (Å²) in [4.78, 5) is 45.5. The van der Waals surface area contributed by atoms with Gasteiger partial charge in [0.1, 0.15) is 12.1 Å². The summed E-state index contributed by atoms with van der Waals surface area (Å²) >= 11 is 3.03. The van der Waals surface area contributed by atoms with Crippen molar-refractivity contribution in [3.8, 4) is 0 Å². The number of nitrogens with zero attached hydrogens (tertiary/aromatic N) is 8. The normalized spacial score (nSPS) is 19.7. The van der Waals surface area contributed by atoms with E-state index in [0.29, 0.717) is 46.6 Å². The number of benzene rings is 1. The highest BCUT2D eigenvalue weighted by Crippen LogP contribution is 2.43. The van der Waals surface area contributed by atoms with Crippen molar-refractivity contribution in [1.82, 2.24) is 39.5 Å². The number of hydrogen-bond donors (Lipinski definition) is 2. The molecule has 14 heteroatoms. The third-order valence-electron chi connectivity index (χ3n) is 9.42. The van der Waals surface area contributed by atoms with Gasteiger partial charge in [-0.05, 0) is 61.1 Å². The van der Waals surface area contributed by atoms with Gasteiger partial charge in [-0.15, -0.1) is 10.2 Å². The van der Waals surface area contributed by atoms with E-state index < -0.39 is 12.1 Å². The fraction of sp³-hybridized carbons (Fsp3) is 0.278. The molecule has 2 aliphatic heterocycles. The van der Waals surface area contributed by atoms with Crippen LogP contribution >= 0.6 is 23.5 Å². The van der Waals surface area contributed by atoms with Gasteiger partial charge in [0, 0.05) is 59.3 Å². The van der Waals surface area contributed by atoms with Crippen LogP contribution in [0.1, 0.15) is 73.1 Å². The van der Waals surface area contributed by atoms with Gasteiger partial charge in [-0.1, -0.05) is 59.9 Å². The fourth-order valence-corrected chi connectivity index (χ4v) is 8.61. The molecule has 1 aromatic carbocycles. The van der Waals surface area contributed by atoms with Crippen molar-refractivity contribution in [2.45, 2.75) is 72.4 Å². The Morgan fingerprint density at radius 3 is 1.50 bits per heavy atom. The van der Waals surface area contributed by atoms with Crippen LogP contribution in [0, 0.1) is 0 Å². The molecule has 9 rings (SSSR count). The molecule has 0 radical (unpaired) electrons. The molecule has 50 heavy (non-hydrogen) atoms. The summed E-state index contributed by atoms with van der Waals surface area (Å²) in [6.45, 7) is 0. The number of aromatic nitrogens is 8. The van der Waals surface area contributed by atoms with Crippen molar-refractivity contribution in [2.24, 2.45) is 0 Å². The largest absolute Gasteiger partial charge is 0.328 e. The first-order valence-electron chi connectivity index (χ1n) is 16.7. The van der Waals surface area contributed by atoms with E-state index in [9.17, 15) is 9.59 Å². The SMILES string of the molecule is O=C1CCCC2=C1[C@@H](c1ccc([C@@H]3C4=C(CCCC4=O)Nc4nc(SCc5ccccn5)nn43)cc1)n1nc(SCc3ccccn3)nc1N2.